The van der Waals surface area contributed by atoms with Crippen LogP contribution < -0.4 is 5.09 Å². The van der Waals surface area contributed by atoms with E-state index < -0.39 is 9.84 Å². The molecule has 124 valence electrons. The van der Waals surface area contributed by atoms with Gasteiger partial charge in [0.2, 0.25) is 9.84 Å². The molecule has 0 radical (unpaired) electrons. The second kappa shape index (κ2) is 7.41. The average Bonchev–Trinajstić information content (AvgIpc) is 3.00. The molecule has 24 heavy (non-hydrogen) atoms. The summed E-state index contributed by atoms with van der Waals surface area (Å²) in [4.78, 5) is 0.637. The molecule has 3 rings (SSSR count). The molecule has 0 saturated carbocycles. The highest BCUT2D eigenvalue weighted by Gasteiger charge is 2.23. The largest absolute Gasteiger partial charge is 0.358 e. The Kier molecular flexibility index (Phi) is 5.66. The Morgan fingerprint density at radius 1 is 1.21 bits per heavy atom. The fourth-order valence-corrected chi connectivity index (χ4v) is 6.76. The first-order valence-corrected chi connectivity index (χ1v) is 14.0. The first-order chi connectivity index (χ1) is 11.5. The van der Waals surface area contributed by atoms with Gasteiger partial charge in [-0.25, -0.2) is 8.42 Å². The van der Waals surface area contributed by atoms with Gasteiger partial charge in [-0.15, -0.1) is 11.3 Å². The second-order valence-electron chi connectivity index (χ2n) is 4.88. The Morgan fingerprint density at radius 3 is 2.54 bits per heavy atom. The van der Waals surface area contributed by atoms with Crippen molar-refractivity contribution < 1.29 is 8.42 Å². The molecule has 1 N–H and O–H groups in total. The lowest BCUT2D eigenvalue weighted by Gasteiger charge is -2.09. The normalized spacial score (nSPS) is 12.1. The zero-order valence-corrected chi connectivity index (χ0v) is 18.6. The maximum atomic E-state index is 13.0. The Balaban J connectivity index is 2.21. The summed E-state index contributed by atoms with van der Waals surface area (Å²) in [5.74, 6) is 0. The summed E-state index contributed by atoms with van der Waals surface area (Å²) >= 11 is 7.02. The van der Waals surface area contributed by atoms with Crippen molar-refractivity contribution in [2.24, 2.45) is 0 Å². The molecule has 3 nitrogen and oxygen atoms in total. The molecule has 0 aliphatic rings. The van der Waals surface area contributed by atoms with Crippen molar-refractivity contribution in [1.82, 2.24) is 0 Å². The summed E-state index contributed by atoms with van der Waals surface area (Å²) in [5, 5.41) is 5.75. The van der Waals surface area contributed by atoms with Crippen molar-refractivity contribution in [2.75, 3.05) is 5.09 Å². The summed E-state index contributed by atoms with van der Waals surface area (Å²) in [6.45, 7) is 3.88. The van der Waals surface area contributed by atoms with Crippen molar-refractivity contribution in [3.63, 3.8) is 0 Å². The number of benzene rings is 2. The van der Waals surface area contributed by atoms with Gasteiger partial charge in [0.1, 0.15) is 0 Å². The van der Waals surface area contributed by atoms with E-state index in [1.165, 1.54) is 11.3 Å². The van der Waals surface area contributed by atoms with E-state index >= 15 is 0 Å². The molecular weight excluding hydrogens is 540 g/mol. The standard InChI is InChI=1S/C16H12BrINO2PS2/c1-2-12-14(19-22-18)8-7-13-15(9-23-16(12)13)24(20,21)11-5-3-10(17)4-6-11/h2-9,19,22H,1H2. The van der Waals surface area contributed by atoms with Crippen LogP contribution in [-0.4, -0.2) is 8.42 Å². The van der Waals surface area contributed by atoms with Crippen LogP contribution in [-0.2, 0) is 9.84 Å². The molecule has 0 amide bonds. The van der Waals surface area contributed by atoms with Crippen LogP contribution in [0.2, 0.25) is 0 Å². The molecule has 0 saturated heterocycles. The number of rotatable bonds is 5. The third kappa shape index (κ3) is 3.29. The molecule has 0 fully saturated rings. The molecule has 3 aromatic rings. The fourth-order valence-electron chi connectivity index (χ4n) is 2.41. The quantitative estimate of drug-likeness (QED) is 0.291. The molecule has 0 bridgehead atoms. The number of hydrogen-bond acceptors (Lipinski definition) is 4. The number of thiophene rings is 1. The van der Waals surface area contributed by atoms with Gasteiger partial charge in [-0.05, 0) is 52.4 Å². The number of sulfone groups is 1. The van der Waals surface area contributed by atoms with Gasteiger partial charge >= 0.3 is 0 Å². The van der Waals surface area contributed by atoms with E-state index in [9.17, 15) is 8.42 Å². The third-order valence-electron chi connectivity index (χ3n) is 3.54. The Hall–Kier alpha value is -0.470. The number of fused-ring (bicyclic) bond motifs is 1. The maximum absolute atomic E-state index is 13.0. The second-order valence-corrected chi connectivity index (χ2v) is 10.7. The molecule has 1 atom stereocenters. The maximum Gasteiger partial charge on any atom is 0.208 e. The van der Waals surface area contributed by atoms with Crippen LogP contribution in [0.1, 0.15) is 5.56 Å². The SMILES string of the molecule is C=Cc1c(NPI)ccc2c(S(=O)(=O)c3ccc(Br)cc3)csc12. The number of anilines is 1. The highest BCUT2D eigenvalue weighted by Crippen LogP contribution is 2.40. The molecule has 0 spiro atoms. The Labute approximate surface area is 167 Å². The molecule has 8 heteroatoms. The van der Waals surface area contributed by atoms with E-state index in [-0.39, 0.29) is 0 Å². The van der Waals surface area contributed by atoms with Gasteiger partial charge in [0.25, 0.3) is 0 Å². The predicted molar refractivity (Wildman–Crippen MR) is 117 cm³/mol. The van der Waals surface area contributed by atoms with E-state index in [2.05, 4.69) is 49.6 Å². The lowest BCUT2D eigenvalue weighted by Crippen LogP contribution is -2.01. The minimum Gasteiger partial charge on any atom is -0.358 e. The van der Waals surface area contributed by atoms with Gasteiger partial charge in [-0.1, -0.05) is 34.7 Å². The first kappa shape index (κ1) is 18.3. The number of halogens is 2. The Morgan fingerprint density at radius 2 is 1.92 bits per heavy atom. The van der Waals surface area contributed by atoms with Gasteiger partial charge in [-0.2, -0.15) is 0 Å². The van der Waals surface area contributed by atoms with Crippen LogP contribution in [0.5, 0.6) is 0 Å². The highest BCUT2D eigenvalue weighted by molar-refractivity contribution is 14.2. The van der Waals surface area contributed by atoms with Crippen LogP contribution in [0, 0.1) is 0 Å². The van der Waals surface area contributed by atoms with E-state index in [1.54, 1.807) is 35.7 Å². The highest BCUT2D eigenvalue weighted by atomic mass is 127. The first-order valence-electron chi connectivity index (χ1n) is 6.78. The van der Waals surface area contributed by atoms with Gasteiger partial charge in [0.05, 0.1) is 9.79 Å². The lowest BCUT2D eigenvalue weighted by atomic mass is 10.1. The molecule has 2 aromatic carbocycles. The van der Waals surface area contributed by atoms with E-state index in [4.69, 9.17) is 0 Å². The van der Waals surface area contributed by atoms with Crippen LogP contribution >= 0.6 is 55.7 Å². The predicted octanol–water partition coefficient (Wildman–Crippen LogP) is 6.50. The van der Waals surface area contributed by atoms with E-state index in [1.807, 2.05) is 12.1 Å². The molecule has 0 aliphatic heterocycles. The van der Waals surface area contributed by atoms with Crippen molar-refractivity contribution >= 4 is 87.4 Å². The Bertz CT molecular complexity index is 1020. The van der Waals surface area contributed by atoms with Gasteiger partial charge in [0.15, 0.2) is 0 Å². The fraction of sp³-hybridized carbons (Fsp3) is 0. The van der Waals surface area contributed by atoms with Crippen LogP contribution in [0.25, 0.3) is 16.2 Å². The zero-order chi connectivity index (χ0) is 17.3. The van der Waals surface area contributed by atoms with Gasteiger partial charge in [-0.3, -0.25) is 0 Å². The number of hydrogen-bond donors (Lipinski definition) is 1. The summed E-state index contributed by atoms with van der Waals surface area (Å²) in [7, 11) is -3.55. The number of nitrogens with one attached hydrogen (secondary N) is 1. The third-order valence-corrected chi connectivity index (χ3v) is 8.23. The van der Waals surface area contributed by atoms with Crippen molar-refractivity contribution in [2.45, 2.75) is 9.79 Å². The molecule has 0 aliphatic carbocycles. The topological polar surface area (TPSA) is 46.2 Å². The van der Waals surface area contributed by atoms with Crippen molar-refractivity contribution in [1.29, 1.82) is 0 Å². The monoisotopic (exact) mass is 551 g/mol. The van der Waals surface area contributed by atoms with Crippen LogP contribution in [0.3, 0.4) is 0 Å². The molecule has 1 aromatic heterocycles. The molecular formula is C16H12BrINO2PS2. The smallest absolute Gasteiger partial charge is 0.208 e. The van der Waals surface area contributed by atoms with E-state index in [0.717, 1.165) is 25.8 Å². The lowest BCUT2D eigenvalue weighted by molar-refractivity contribution is 0.597. The zero-order valence-electron chi connectivity index (χ0n) is 12.2. The minimum atomic E-state index is -3.55. The van der Waals surface area contributed by atoms with Crippen molar-refractivity contribution in [3.8, 4) is 0 Å². The summed E-state index contributed by atoms with van der Waals surface area (Å²) in [6.07, 6.45) is 2.30. The van der Waals surface area contributed by atoms with Crippen LogP contribution in [0.15, 0.2) is 62.6 Å². The molecule has 1 heterocycles. The van der Waals surface area contributed by atoms with Gasteiger partial charge in [0, 0.05) is 37.6 Å². The summed E-state index contributed by atoms with van der Waals surface area (Å²) < 4.78 is 27.7. The van der Waals surface area contributed by atoms with Crippen molar-refractivity contribution in [3.05, 3.63) is 58.4 Å². The van der Waals surface area contributed by atoms with Crippen LogP contribution in [0.4, 0.5) is 5.69 Å². The van der Waals surface area contributed by atoms with E-state index in [0.29, 0.717) is 16.2 Å². The molecule has 1 unspecified atom stereocenters. The average molecular weight is 552 g/mol. The minimum absolute atomic E-state index is 0.293. The van der Waals surface area contributed by atoms with Gasteiger partial charge < -0.3 is 5.09 Å². The summed E-state index contributed by atoms with van der Waals surface area (Å²) in [6, 6.07) is 10.5. The summed E-state index contributed by atoms with van der Waals surface area (Å²) in [5.41, 5.74) is 1.92.